The van der Waals surface area contributed by atoms with E-state index in [2.05, 4.69) is 35.7 Å². The van der Waals surface area contributed by atoms with E-state index in [1.54, 1.807) is 0 Å². The number of hydrogen-bond acceptors (Lipinski definition) is 4. The van der Waals surface area contributed by atoms with Crippen molar-refractivity contribution in [3.63, 3.8) is 0 Å². The molecule has 0 aliphatic rings. The van der Waals surface area contributed by atoms with Crippen molar-refractivity contribution in [2.75, 3.05) is 33.3 Å². The second-order valence-corrected chi connectivity index (χ2v) is 4.35. The van der Waals surface area contributed by atoms with Crippen LogP contribution in [-0.4, -0.2) is 50.2 Å². The lowest BCUT2D eigenvalue weighted by Crippen LogP contribution is -2.30. The second-order valence-electron chi connectivity index (χ2n) is 4.35. The zero-order chi connectivity index (χ0) is 13.1. The fourth-order valence-corrected chi connectivity index (χ4v) is 1.79. The van der Waals surface area contributed by atoms with Crippen LogP contribution < -0.4 is 5.32 Å². The molecular formula is C13H28N2O2. The first-order valence-electron chi connectivity index (χ1n) is 6.66. The van der Waals surface area contributed by atoms with E-state index < -0.39 is 0 Å². The molecule has 0 aromatic carbocycles. The molecule has 1 N–H and O–H groups in total. The third-order valence-electron chi connectivity index (χ3n) is 3.06. The lowest BCUT2D eigenvalue weighted by Gasteiger charge is -2.19. The Kier molecular flexibility index (Phi) is 10.2. The van der Waals surface area contributed by atoms with Gasteiger partial charge in [-0.05, 0) is 39.4 Å². The van der Waals surface area contributed by atoms with Crippen LogP contribution in [0.1, 0.15) is 40.0 Å². The summed E-state index contributed by atoms with van der Waals surface area (Å²) in [6.07, 6.45) is 2.81. The molecule has 102 valence electrons. The minimum atomic E-state index is -0.146. The van der Waals surface area contributed by atoms with E-state index in [0.29, 0.717) is 19.0 Å². The Morgan fingerprint density at radius 3 is 2.53 bits per heavy atom. The number of hydrogen-bond donors (Lipinski definition) is 1. The molecule has 0 aromatic heterocycles. The molecule has 0 amide bonds. The van der Waals surface area contributed by atoms with Crippen LogP contribution in [0.3, 0.4) is 0 Å². The van der Waals surface area contributed by atoms with E-state index >= 15 is 0 Å². The predicted octanol–water partition coefficient (Wildman–Crippen LogP) is 1.65. The quantitative estimate of drug-likeness (QED) is 0.593. The van der Waals surface area contributed by atoms with Gasteiger partial charge in [0.15, 0.2) is 0 Å². The molecule has 0 bridgehead atoms. The highest BCUT2D eigenvalue weighted by atomic mass is 16.5. The molecule has 1 unspecified atom stereocenters. The monoisotopic (exact) mass is 244 g/mol. The summed E-state index contributed by atoms with van der Waals surface area (Å²) < 4.78 is 4.59. The average Bonchev–Trinajstić information content (AvgIpc) is 2.34. The van der Waals surface area contributed by atoms with Gasteiger partial charge >= 0.3 is 5.97 Å². The molecule has 0 saturated heterocycles. The van der Waals surface area contributed by atoms with Crippen LogP contribution in [0.5, 0.6) is 0 Å². The first kappa shape index (κ1) is 16.4. The Balaban J connectivity index is 3.46. The average molecular weight is 244 g/mol. The zero-order valence-corrected chi connectivity index (χ0v) is 11.8. The summed E-state index contributed by atoms with van der Waals surface area (Å²) in [5.41, 5.74) is 0. The van der Waals surface area contributed by atoms with Crippen molar-refractivity contribution in [2.24, 2.45) is 0 Å². The topological polar surface area (TPSA) is 41.6 Å². The molecular weight excluding hydrogens is 216 g/mol. The fraction of sp³-hybridized carbons (Fsp3) is 0.923. The Hall–Kier alpha value is -0.610. The van der Waals surface area contributed by atoms with Gasteiger partial charge in [0, 0.05) is 12.6 Å². The highest BCUT2D eigenvalue weighted by Gasteiger charge is 2.05. The molecule has 0 fully saturated rings. The van der Waals surface area contributed by atoms with Gasteiger partial charge in [-0.25, -0.2) is 0 Å². The second kappa shape index (κ2) is 10.5. The van der Waals surface area contributed by atoms with Gasteiger partial charge in [0.2, 0.25) is 0 Å². The molecule has 0 aliphatic carbocycles. The van der Waals surface area contributed by atoms with Gasteiger partial charge < -0.3 is 15.0 Å². The fourth-order valence-electron chi connectivity index (χ4n) is 1.79. The predicted molar refractivity (Wildman–Crippen MR) is 71.1 cm³/mol. The summed E-state index contributed by atoms with van der Waals surface area (Å²) in [5.74, 6) is -0.146. The molecule has 0 aromatic rings. The molecule has 0 saturated carbocycles. The van der Waals surface area contributed by atoms with Crippen molar-refractivity contribution >= 4 is 5.97 Å². The number of carbonyl (C=O) groups excluding carboxylic acids is 1. The lowest BCUT2D eigenvalue weighted by molar-refractivity contribution is -0.140. The maximum Gasteiger partial charge on any atom is 0.306 e. The van der Waals surface area contributed by atoms with Gasteiger partial charge in [-0.15, -0.1) is 0 Å². The van der Waals surface area contributed by atoms with Crippen molar-refractivity contribution in [2.45, 2.75) is 46.1 Å². The van der Waals surface area contributed by atoms with Crippen molar-refractivity contribution in [3.05, 3.63) is 0 Å². The standard InChI is InChI=1S/C13H28N2O2/c1-5-15(6-2)11-7-8-12(3)14-10-9-13(16)17-4/h12,14H,5-11H2,1-4H3. The van der Waals surface area contributed by atoms with Gasteiger partial charge in [-0.1, -0.05) is 13.8 Å². The maximum absolute atomic E-state index is 10.9. The number of ether oxygens (including phenoxy) is 1. The lowest BCUT2D eigenvalue weighted by atomic mass is 10.1. The van der Waals surface area contributed by atoms with Crippen LogP contribution in [0.25, 0.3) is 0 Å². The van der Waals surface area contributed by atoms with Crippen LogP contribution in [0.4, 0.5) is 0 Å². The molecule has 0 rings (SSSR count). The van der Waals surface area contributed by atoms with Crippen LogP contribution >= 0.6 is 0 Å². The number of esters is 1. The van der Waals surface area contributed by atoms with E-state index in [-0.39, 0.29) is 5.97 Å². The third-order valence-corrected chi connectivity index (χ3v) is 3.06. The first-order valence-corrected chi connectivity index (χ1v) is 6.66. The summed E-state index contributed by atoms with van der Waals surface area (Å²) in [4.78, 5) is 13.3. The number of nitrogens with one attached hydrogen (secondary N) is 1. The van der Waals surface area contributed by atoms with Gasteiger partial charge in [0.05, 0.1) is 13.5 Å². The zero-order valence-electron chi connectivity index (χ0n) is 11.8. The molecule has 4 nitrogen and oxygen atoms in total. The van der Waals surface area contributed by atoms with E-state index in [9.17, 15) is 4.79 Å². The number of rotatable bonds is 10. The molecule has 4 heteroatoms. The van der Waals surface area contributed by atoms with E-state index in [1.165, 1.54) is 13.5 Å². The summed E-state index contributed by atoms with van der Waals surface area (Å²) >= 11 is 0. The molecule has 0 heterocycles. The highest BCUT2D eigenvalue weighted by Crippen LogP contribution is 1.99. The molecule has 0 aliphatic heterocycles. The minimum Gasteiger partial charge on any atom is -0.469 e. The normalized spacial score (nSPS) is 12.8. The van der Waals surface area contributed by atoms with Crippen molar-refractivity contribution in [1.29, 1.82) is 0 Å². The first-order chi connectivity index (χ1) is 8.13. The van der Waals surface area contributed by atoms with E-state index in [0.717, 1.165) is 26.1 Å². The molecule has 0 radical (unpaired) electrons. The molecule has 0 spiro atoms. The van der Waals surface area contributed by atoms with Crippen LogP contribution in [-0.2, 0) is 9.53 Å². The molecule has 1 atom stereocenters. The summed E-state index contributed by atoms with van der Waals surface area (Å²) in [7, 11) is 1.43. The number of methoxy groups -OCH3 is 1. The SMILES string of the molecule is CCN(CC)CCCC(C)NCCC(=O)OC. The van der Waals surface area contributed by atoms with Crippen LogP contribution in [0, 0.1) is 0 Å². The van der Waals surface area contributed by atoms with E-state index in [4.69, 9.17) is 0 Å². The summed E-state index contributed by atoms with van der Waals surface area (Å²) in [5, 5.41) is 3.34. The Labute approximate surface area is 106 Å². The Bertz CT molecular complexity index is 194. The van der Waals surface area contributed by atoms with Gasteiger partial charge in [0.1, 0.15) is 0 Å². The Morgan fingerprint density at radius 2 is 2.00 bits per heavy atom. The largest absolute Gasteiger partial charge is 0.469 e. The highest BCUT2D eigenvalue weighted by molar-refractivity contribution is 5.69. The molecule has 17 heavy (non-hydrogen) atoms. The van der Waals surface area contributed by atoms with Gasteiger partial charge in [0.25, 0.3) is 0 Å². The maximum atomic E-state index is 10.9. The Morgan fingerprint density at radius 1 is 1.35 bits per heavy atom. The smallest absolute Gasteiger partial charge is 0.306 e. The summed E-state index contributed by atoms with van der Waals surface area (Å²) in [6.45, 7) is 10.7. The van der Waals surface area contributed by atoms with Crippen molar-refractivity contribution < 1.29 is 9.53 Å². The number of carbonyl (C=O) groups is 1. The van der Waals surface area contributed by atoms with Crippen molar-refractivity contribution in [3.8, 4) is 0 Å². The third kappa shape index (κ3) is 9.12. The summed E-state index contributed by atoms with van der Waals surface area (Å²) in [6, 6.07) is 0.468. The number of nitrogens with zero attached hydrogens (tertiary/aromatic N) is 1. The van der Waals surface area contributed by atoms with Gasteiger partial charge in [-0.3, -0.25) is 4.79 Å². The van der Waals surface area contributed by atoms with Crippen molar-refractivity contribution in [1.82, 2.24) is 10.2 Å². The minimum absolute atomic E-state index is 0.146. The van der Waals surface area contributed by atoms with Crippen LogP contribution in [0.2, 0.25) is 0 Å². The van der Waals surface area contributed by atoms with Crippen LogP contribution in [0.15, 0.2) is 0 Å². The van der Waals surface area contributed by atoms with E-state index in [1.807, 2.05) is 0 Å². The van der Waals surface area contributed by atoms with Gasteiger partial charge in [-0.2, -0.15) is 0 Å².